The summed E-state index contributed by atoms with van der Waals surface area (Å²) in [5.41, 5.74) is -0.297. The zero-order valence-electron chi connectivity index (χ0n) is 11.1. The van der Waals surface area contributed by atoms with E-state index in [1.165, 1.54) is 6.20 Å². The highest BCUT2D eigenvalue weighted by Gasteiger charge is 2.23. The van der Waals surface area contributed by atoms with Gasteiger partial charge in [-0.15, -0.1) is 0 Å². The molecule has 0 bridgehead atoms. The standard InChI is InChI=1S/C13H18N2O3/c1-9(12(17)18-13(2,3)4)15-11(16)10-7-5-6-8-14-10/h5-9H,1-4H3,(H,15,16)/t9-/m0/s1. The van der Waals surface area contributed by atoms with Crippen molar-refractivity contribution >= 4 is 11.9 Å². The van der Waals surface area contributed by atoms with Gasteiger partial charge in [-0.2, -0.15) is 0 Å². The molecule has 0 aromatic carbocycles. The van der Waals surface area contributed by atoms with E-state index in [2.05, 4.69) is 10.3 Å². The third kappa shape index (κ3) is 4.53. The predicted octanol–water partition coefficient (Wildman–Crippen LogP) is 1.54. The minimum Gasteiger partial charge on any atom is -0.458 e. The van der Waals surface area contributed by atoms with Crippen molar-refractivity contribution in [2.24, 2.45) is 0 Å². The molecule has 1 aromatic heterocycles. The number of nitrogens with zero attached hydrogens (tertiary/aromatic N) is 1. The summed E-state index contributed by atoms with van der Waals surface area (Å²) in [6.45, 7) is 6.91. The van der Waals surface area contributed by atoms with Crippen LogP contribution in [-0.4, -0.2) is 28.5 Å². The lowest BCUT2D eigenvalue weighted by molar-refractivity contribution is -0.156. The van der Waals surface area contributed by atoms with Crippen LogP contribution in [0.1, 0.15) is 38.2 Å². The van der Waals surface area contributed by atoms with E-state index >= 15 is 0 Å². The van der Waals surface area contributed by atoms with Crippen LogP contribution >= 0.6 is 0 Å². The Labute approximate surface area is 107 Å². The van der Waals surface area contributed by atoms with Gasteiger partial charge < -0.3 is 10.1 Å². The molecule has 98 valence electrons. The van der Waals surface area contributed by atoms with E-state index in [9.17, 15) is 9.59 Å². The van der Waals surface area contributed by atoms with Crippen LogP contribution in [0.2, 0.25) is 0 Å². The fourth-order valence-electron chi connectivity index (χ4n) is 1.22. The molecule has 1 amide bonds. The molecule has 0 saturated heterocycles. The summed E-state index contributed by atoms with van der Waals surface area (Å²) in [5, 5.41) is 2.54. The highest BCUT2D eigenvalue weighted by atomic mass is 16.6. The monoisotopic (exact) mass is 250 g/mol. The smallest absolute Gasteiger partial charge is 0.328 e. The second-order valence-electron chi connectivity index (χ2n) is 4.94. The van der Waals surface area contributed by atoms with Crippen LogP contribution in [0.25, 0.3) is 0 Å². The number of nitrogens with one attached hydrogen (secondary N) is 1. The normalized spacial score (nSPS) is 12.7. The van der Waals surface area contributed by atoms with E-state index in [1.54, 1.807) is 45.9 Å². The van der Waals surface area contributed by atoms with E-state index in [0.29, 0.717) is 0 Å². The topological polar surface area (TPSA) is 68.3 Å². The minimum absolute atomic E-state index is 0.271. The summed E-state index contributed by atoms with van der Waals surface area (Å²) in [4.78, 5) is 27.3. The molecule has 0 unspecified atom stereocenters. The first-order valence-corrected chi connectivity index (χ1v) is 5.74. The summed E-state index contributed by atoms with van der Waals surface area (Å²) >= 11 is 0. The van der Waals surface area contributed by atoms with E-state index in [4.69, 9.17) is 4.74 Å². The van der Waals surface area contributed by atoms with Crippen molar-refractivity contribution in [3.05, 3.63) is 30.1 Å². The van der Waals surface area contributed by atoms with Gasteiger partial charge in [0.15, 0.2) is 0 Å². The number of carbonyl (C=O) groups is 2. The maximum Gasteiger partial charge on any atom is 0.328 e. The third-order valence-corrected chi connectivity index (χ3v) is 2.01. The predicted molar refractivity (Wildman–Crippen MR) is 67.0 cm³/mol. The van der Waals surface area contributed by atoms with Crippen molar-refractivity contribution in [1.29, 1.82) is 0 Å². The van der Waals surface area contributed by atoms with E-state index in [-0.39, 0.29) is 5.69 Å². The summed E-state index contributed by atoms with van der Waals surface area (Å²) < 4.78 is 5.16. The van der Waals surface area contributed by atoms with Crippen molar-refractivity contribution in [3.8, 4) is 0 Å². The molecule has 1 heterocycles. The van der Waals surface area contributed by atoms with Gasteiger partial charge in [-0.25, -0.2) is 4.79 Å². The highest BCUT2D eigenvalue weighted by Crippen LogP contribution is 2.08. The van der Waals surface area contributed by atoms with Crippen LogP contribution in [0.3, 0.4) is 0 Å². The van der Waals surface area contributed by atoms with Gasteiger partial charge in [0, 0.05) is 6.20 Å². The first-order valence-electron chi connectivity index (χ1n) is 5.74. The number of hydrogen-bond acceptors (Lipinski definition) is 4. The summed E-state index contributed by atoms with van der Waals surface area (Å²) in [6, 6.07) is 4.30. The molecule has 0 spiro atoms. The SMILES string of the molecule is C[C@H](NC(=O)c1ccccn1)C(=O)OC(C)(C)C. The van der Waals surface area contributed by atoms with Crippen molar-refractivity contribution in [2.75, 3.05) is 0 Å². The van der Waals surface area contributed by atoms with Gasteiger partial charge in [-0.05, 0) is 39.8 Å². The summed E-state index contributed by atoms with van der Waals surface area (Å²) in [5.74, 6) is -0.860. The quantitative estimate of drug-likeness (QED) is 0.826. The summed E-state index contributed by atoms with van der Waals surface area (Å²) in [6.07, 6.45) is 1.52. The van der Waals surface area contributed by atoms with Crippen molar-refractivity contribution in [2.45, 2.75) is 39.3 Å². The van der Waals surface area contributed by atoms with Gasteiger partial charge in [0.2, 0.25) is 0 Å². The molecular formula is C13H18N2O3. The molecule has 5 heteroatoms. The molecule has 18 heavy (non-hydrogen) atoms. The number of esters is 1. The van der Waals surface area contributed by atoms with Crippen LogP contribution in [0.15, 0.2) is 24.4 Å². The van der Waals surface area contributed by atoms with Crippen LogP contribution in [0, 0.1) is 0 Å². The van der Waals surface area contributed by atoms with Crippen molar-refractivity contribution < 1.29 is 14.3 Å². The molecule has 0 fully saturated rings. The average Bonchev–Trinajstić information content (AvgIpc) is 2.27. The Balaban J connectivity index is 2.58. The van der Waals surface area contributed by atoms with Gasteiger partial charge in [0.1, 0.15) is 17.3 Å². The number of hydrogen-bond donors (Lipinski definition) is 1. The van der Waals surface area contributed by atoms with Crippen molar-refractivity contribution in [3.63, 3.8) is 0 Å². The van der Waals surface area contributed by atoms with Crippen LogP contribution in [0.5, 0.6) is 0 Å². The Morgan fingerprint density at radius 3 is 2.50 bits per heavy atom. The molecule has 0 radical (unpaired) electrons. The lowest BCUT2D eigenvalue weighted by atomic mass is 10.2. The highest BCUT2D eigenvalue weighted by molar-refractivity contribution is 5.95. The average molecular weight is 250 g/mol. The largest absolute Gasteiger partial charge is 0.458 e. The molecule has 1 rings (SSSR count). The maximum atomic E-state index is 11.7. The van der Waals surface area contributed by atoms with E-state index in [1.807, 2.05) is 0 Å². The molecular weight excluding hydrogens is 232 g/mol. The molecule has 1 N–H and O–H groups in total. The van der Waals surface area contributed by atoms with E-state index < -0.39 is 23.5 Å². The van der Waals surface area contributed by atoms with Gasteiger partial charge >= 0.3 is 5.97 Å². The summed E-state index contributed by atoms with van der Waals surface area (Å²) in [7, 11) is 0. The maximum absolute atomic E-state index is 11.7. The number of ether oxygens (including phenoxy) is 1. The first-order chi connectivity index (χ1) is 8.29. The molecule has 1 aromatic rings. The lowest BCUT2D eigenvalue weighted by Gasteiger charge is -2.22. The third-order valence-electron chi connectivity index (χ3n) is 2.01. The zero-order valence-corrected chi connectivity index (χ0v) is 11.1. The number of carbonyl (C=O) groups excluding carboxylic acids is 2. The van der Waals surface area contributed by atoms with Crippen molar-refractivity contribution in [1.82, 2.24) is 10.3 Å². The fraction of sp³-hybridized carbons (Fsp3) is 0.462. The molecule has 0 saturated carbocycles. The Morgan fingerprint density at radius 1 is 1.33 bits per heavy atom. The second kappa shape index (κ2) is 5.62. The Kier molecular flexibility index (Phi) is 4.42. The van der Waals surface area contributed by atoms with Gasteiger partial charge in [-0.3, -0.25) is 9.78 Å². The molecule has 0 aliphatic heterocycles. The van der Waals surface area contributed by atoms with Crippen LogP contribution < -0.4 is 5.32 Å². The Bertz CT molecular complexity index is 424. The minimum atomic E-state index is -0.710. The first kappa shape index (κ1) is 14.2. The molecule has 0 aliphatic rings. The molecule has 5 nitrogen and oxygen atoms in total. The zero-order chi connectivity index (χ0) is 13.8. The lowest BCUT2D eigenvalue weighted by Crippen LogP contribution is -2.42. The number of pyridine rings is 1. The van der Waals surface area contributed by atoms with Gasteiger partial charge in [0.25, 0.3) is 5.91 Å². The van der Waals surface area contributed by atoms with E-state index in [0.717, 1.165) is 0 Å². The van der Waals surface area contributed by atoms with Crippen LogP contribution in [0.4, 0.5) is 0 Å². The Hall–Kier alpha value is -1.91. The van der Waals surface area contributed by atoms with Crippen LogP contribution in [-0.2, 0) is 9.53 Å². The molecule has 0 aliphatic carbocycles. The second-order valence-corrected chi connectivity index (χ2v) is 4.94. The number of aromatic nitrogens is 1. The number of amides is 1. The fourth-order valence-corrected chi connectivity index (χ4v) is 1.22. The van der Waals surface area contributed by atoms with Gasteiger partial charge in [-0.1, -0.05) is 6.07 Å². The number of rotatable bonds is 3. The Morgan fingerprint density at radius 2 is 2.00 bits per heavy atom. The van der Waals surface area contributed by atoms with Gasteiger partial charge in [0.05, 0.1) is 0 Å². The molecule has 1 atom stereocenters.